The maximum absolute atomic E-state index is 8.63. The smallest absolute Gasteiger partial charge is 0.0481 e. The summed E-state index contributed by atoms with van der Waals surface area (Å²) in [6.45, 7) is 0.487. The van der Waals surface area contributed by atoms with Crippen LogP contribution in [0.1, 0.15) is 5.56 Å². The van der Waals surface area contributed by atoms with Crippen molar-refractivity contribution in [3.05, 3.63) is 36.0 Å². The number of aryl methyl sites for hydroxylation is 1. The Labute approximate surface area is 76.6 Å². The normalized spacial score (nSPS) is 10.9. The zero-order valence-corrected chi connectivity index (χ0v) is 7.49. The fourth-order valence-corrected chi connectivity index (χ4v) is 1.65. The summed E-state index contributed by atoms with van der Waals surface area (Å²) in [6, 6.07) is 8.14. The van der Waals surface area contributed by atoms with Crippen LogP contribution in [0, 0.1) is 0 Å². The predicted molar refractivity (Wildman–Crippen MR) is 51.5 cm³/mol. The Hall–Kier alpha value is -1.32. The van der Waals surface area contributed by atoms with E-state index >= 15 is 0 Å². The molecule has 68 valence electrons. The summed E-state index contributed by atoms with van der Waals surface area (Å²) in [6.07, 6.45) is 2.02. The van der Waals surface area contributed by atoms with E-state index in [0.717, 1.165) is 5.56 Å². The molecule has 0 amide bonds. The summed E-state index contributed by atoms with van der Waals surface area (Å²) < 4.78 is 2.06. The quantitative estimate of drug-likeness (QED) is 0.683. The lowest BCUT2D eigenvalue weighted by atomic mass is 10.2. The number of hydrogen-bond acceptors (Lipinski definition) is 2. The second-order valence-corrected chi connectivity index (χ2v) is 3.12. The molecule has 0 radical (unpaired) electrons. The van der Waals surface area contributed by atoms with E-state index in [-0.39, 0.29) is 0 Å². The minimum absolute atomic E-state index is 0.487. The zero-order chi connectivity index (χ0) is 9.26. The van der Waals surface area contributed by atoms with Gasteiger partial charge in [-0.1, -0.05) is 18.2 Å². The van der Waals surface area contributed by atoms with Crippen molar-refractivity contribution in [2.45, 2.75) is 6.54 Å². The maximum atomic E-state index is 8.63. The molecule has 0 aliphatic carbocycles. The summed E-state index contributed by atoms with van der Waals surface area (Å²) in [5.74, 6) is 0. The molecular weight excluding hydrogens is 164 g/mol. The summed E-state index contributed by atoms with van der Waals surface area (Å²) in [7, 11) is 2.00. The van der Waals surface area contributed by atoms with Gasteiger partial charge < -0.3 is 9.77 Å². The van der Waals surface area contributed by atoms with Gasteiger partial charge in [0.25, 0.3) is 0 Å². The molecule has 3 nitrogen and oxygen atoms in total. The molecule has 0 saturated heterocycles. The van der Waals surface area contributed by atoms with Gasteiger partial charge in [-0.15, -0.1) is 0 Å². The first-order valence-electron chi connectivity index (χ1n) is 4.23. The molecule has 1 aromatic carbocycles. The van der Waals surface area contributed by atoms with Crippen molar-refractivity contribution in [2.24, 2.45) is 7.05 Å². The standard InChI is InChI=1S/C10H12N2O/c1-12-7-8(6-11-13)9-4-2-3-5-10(9)12/h2-5,7,11,13H,6H2,1H3. The molecule has 0 aliphatic rings. The summed E-state index contributed by atoms with van der Waals surface area (Å²) in [4.78, 5) is 0. The van der Waals surface area contributed by atoms with E-state index in [2.05, 4.69) is 22.2 Å². The number of nitrogens with zero attached hydrogens (tertiary/aromatic N) is 1. The predicted octanol–water partition coefficient (Wildman–Crippen LogP) is 1.66. The highest BCUT2D eigenvalue weighted by molar-refractivity contribution is 5.83. The van der Waals surface area contributed by atoms with Crippen LogP contribution in [0.15, 0.2) is 30.5 Å². The van der Waals surface area contributed by atoms with Gasteiger partial charge in [-0.2, -0.15) is 0 Å². The van der Waals surface area contributed by atoms with Crippen LogP contribution >= 0.6 is 0 Å². The molecule has 1 aromatic heterocycles. The average Bonchev–Trinajstić information content (AvgIpc) is 2.46. The van der Waals surface area contributed by atoms with Gasteiger partial charge in [0.1, 0.15) is 0 Å². The SMILES string of the molecule is Cn1cc(CNO)c2ccccc21. The minimum atomic E-state index is 0.487. The first-order valence-corrected chi connectivity index (χ1v) is 4.23. The van der Waals surface area contributed by atoms with Gasteiger partial charge >= 0.3 is 0 Å². The molecule has 0 fully saturated rings. The van der Waals surface area contributed by atoms with Crippen LogP contribution in [0.5, 0.6) is 0 Å². The monoisotopic (exact) mass is 176 g/mol. The summed E-state index contributed by atoms with van der Waals surface area (Å²) in [5, 5.41) is 9.82. The Morgan fingerprint density at radius 3 is 2.92 bits per heavy atom. The van der Waals surface area contributed by atoms with E-state index in [1.165, 1.54) is 10.9 Å². The van der Waals surface area contributed by atoms with Gasteiger partial charge in [-0.3, -0.25) is 0 Å². The van der Waals surface area contributed by atoms with Gasteiger partial charge in [0, 0.05) is 30.7 Å². The maximum Gasteiger partial charge on any atom is 0.0481 e. The molecule has 3 heteroatoms. The molecule has 0 unspecified atom stereocenters. The second-order valence-electron chi connectivity index (χ2n) is 3.12. The highest BCUT2D eigenvalue weighted by Gasteiger charge is 2.03. The lowest BCUT2D eigenvalue weighted by Gasteiger charge is -1.95. The molecule has 0 bridgehead atoms. The summed E-state index contributed by atoms with van der Waals surface area (Å²) >= 11 is 0. The number of fused-ring (bicyclic) bond motifs is 1. The minimum Gasteiger partial charge on any atom is -0.350 e. The molecule has 0 saturated carbocycles. The van der Waals surface area contributed by atoms with Crippen LogP contribution in [-0.2, 0) is 13.6 Å². The molecule has 2 N–H and O–H groups in total. The number of hydroxylamine groups is 1. The zero-order valence-electron chi connectivity index (χ0n) is 7.49. The van der Waals surface area contributed by atoms with Crippen LogP contribution in [0.4, 0.5) is 0 Å². The third kappa shape index (κ3) is 1.32. The van der Waals surface area contributed by atoms with E-state index in [9.17, 15) is 0 Å². The van der Waals surface area contributed by atoms with Gasteiger partial charge in [-0.05, 0) is 11.6 Å². The van der Waals surface area contributed by atoms with Gasteiger partial charge in [0.15, 0.2) is 0 Å². The van der Waals surface area contributed by atoms with Crippen molar-refractivity contribution < 1.29 is 5.21 Å². The van der Waals surface area contributed by atoms with Gasteiger partial charge in [-0.25, -0.2) is 5.48 Å². The molecule has 1 heterocycles. The van der Waals surface area contributed by atoms with Crippen molar-refractivity contribution in [1.82, 2.24) is 10.0 Å². The Balaban J connectivity index is 2.63. The topological polar surface area (TPSA) is 37.2 Å². The van der Waals surface area contributed by atoms with Crippen LogP contribution in [-0.4, -0.2) is 9.77 Å². The molecule has 0 atom stereocenters. The van der Waals surface area contributed by atoms with Crippen molar-refractivity contribution in [3.8, 4) is 0 Å². The summed E-state index contributed by atoms with van der Waals surface area (Å²) in [5.41, 5.74) is 4.48. The molecule has 2 aromatic rings. The Morgan fingerprint density at radius 1 is 1.38 bits per heavy atom. The van der Waals surface area contributed by atoms with E-state index in [1.807, 2.05) is 25.4 Å². The van der Waals surface area contributed by atoms with E-state index in [0.29, 0.717) is 6.54 Å². The average molecular weight is 176 g/mol. The van der Waals surface area contributed by atoms with E-state index < -0.39 is 0 Å². The number of hydrogen-bond donors (Lipinski definition) is 2. The molecule has 13 heavy (non-hydrogen) atoms. The first kappa shape index (κ1) is 8.29. The highest BCUT2D eigenvalue weighted by Crippen LogP contribution is 2.19. The van der Waals surface area contributed by atoms with Crippen molar-refractivity contribution >= 4 is 10.9 Å². The highest BCUT2D eigenvalue weighted by atomic mass is 16.5. The van der Waals surface area contributed by atoms with Crippen molar-refractivity contribution in [3.63, 3.8) is 0 Å². The Morgan fingerprint density at radius 2 is 2.15 bits per heavy atom. The van der Waals surface area contributed by atoms with Crippen LogP contribution in [0.3, 0.4) is 0 Å². The molecule has 0 spiro atoms. The number of nitrogens with one attached hydrogen (secondary N) is 1. The first-order chi connectivity index (χ1) is 6.33. The van der Waals surface area contributed by atoms with Crippen LogP contribution < -0.4 is 5.48 Å². The van der Waals surface area contributed by atoms with Crippen molar-refractivity contribution in [1.29, 1.82) is 0 Å². The Kier molecular flexibility index (Phi) is 2.04. The van der Waals surface area contributed by atoms with E-state index in [4.69, 9.17) is 5.21 Å². The molecule has 2 rings (SSSR count). The van der Waals surface area contributed by atoms with Gasteiger partial charge in [0.05, 0.1) is 0 Å². The lowest BCUT2D eigenvalue weighted by Crippen LogP contribution is -2.05. The Bertz CT molecular complexity index is 420. The number of rotatable bonds is 2. The molecule has 0 aliphatic heterocycles. The lowest BCUT2D eigenvalue weighted by molar-refractivity contribution is 0.161. The van der Waals surface area contributed by atoms with Crippen molar-refractivity contribution in [2.75, 3.05) is 0 Å². The van der Waals surface area contributed by atoms with Crippen LogP contribution in [0.25, 0.3) is 10.9 Å². The molecular formula is C10H12N2O. The fraction of sp³-hybridized carbons (Fsp3) is 0.200. The number of aromatic nitrogens is 1. The second kappa shape index (κ2) is 3.20. The number of para-hydroxylation sites is 1. The van der Waals surface area contributed by atoms with E-state index in [1.54, 1.807) is 0 Å². The van der Waals surface area contributed by atoms with Crippen LogP contribution in [0.2, 0.25) is 0 Å². The fourth-order valence-electron chi connectivity index (χ4n) is 1.65. The largest absolute Gasteiger partial charge is 0.350 e. The number of benzene rings is 1. The third-order valence-electron chi connectivity index (χ3n) is 2.25. The third-order valence-corrected chi connectivity index (χ3v) is 2.25. The van der Waals surface area contributed by atoms with Gasteiger partial charge in [0.2, 0.25) is 0 Å².